The van der Waals surface area contributed by atoms with Gasteiger partial charge in [-0.25, -0.2) is 4.68 Å². The molecule has 4 aromatic rings. The van der Waals surface area contributed by atoms with Crippen molar-refractivity contribution >= 4 is 22.5 Å². The van der Waals surface area contributed by atoms with Crippen LogP contribution in [0.2, 0.25) is 0 Å². The summed E-state index contributed by atoms with van der Waals surface area (Å²) in [4.78, 5) is 31.3. The SMILES string of the molecule is Cc1cc2c(cc3c(=O)n(CC(=O)N(C)CCc4ccccn4)nc(C)n32)o1. The van der Waals surface area contributed by atoms with Crippen molar-refractivity contribution in [3.8, 4) is 0 Å². The number of rotatable bonds is 5. The number of carbonyl (C=O) groups excluding carboxylic acids is 1. The quantitative estimate of drug-likeness (QED) is 0.529. The molecular weight excluding hydrogens is 358 g/mol. The Bertz CT molecular complexity index is 1220. The molecule has 8 nitrogen and oxygen atoms in total. The molecule has 0 aliphatic rings. The summed E-state index contributed by atoms with van der Waals surface area (Å²) in [6, 6.07) is 9.27. The van der Waals surface area contributed by atoms with Crippen LogP contribution in [-0.4, -0.2) is 43.6 Å². The number of nitrogens with zero attached hydrogens (tertiary/aromatic N) is 5. The molecule has 8 heteroatoms. The number of carbonyl (C=O) groups is 1. The summed E-state index contributed by atoms with van der Waals surface area (Å²) in [5.74, 6) is 1.21. The predicted octanol–water partition coefficient (Wildman–Crippen LogP) is 1.96. The first kappa shape index (κ1) is 18.0. The Morgan fingerprint density at radius 3 is 2.79 bits per heavy atom. The molecule has 1 amide bonds. The second-order valence-electron chi connectivity index (χ2n) is 6.87. The topological polar surface area (TPSA) is 85.6 Å². The summed E-state index contributed by atoms with van der Waals surface area (Å²) in [6.07, 6.45) is 2.38. The molecule has 4 aromatic heterocycles. The summed E-state index contributed by atoms with van der Waals surface area (Å²) < 4.78 is 8.60. The number of furan rings is 1. The van der Waals surface area contributed by atoms with Crippen molar-refractivity contribution in [2.24, 2.45) is 0 Å². The Morgan fingerprint density at radius 1 is 1.21 bits per heavy atom. The molecule has 0 spiro atoms. The first-order chi connectivity index (χ1) is 13.4. The molecule has 4 rings (SSSR count). The van der Waals surface area contributed by atoms with Crippen molar-refractivity contribution in [3.63, 3.8) is 0 Å². The van der Waals surface area contributed by atoms with E-state index in [0.717, 1.165) is 17.0 Å². The number of fused-ring (bicyclic) bond motifs is 3. The fourth-order valence-electron chi connectivity index (χ4n) is 3.33. The van der Waals surface area contributed by atoms with Gasteiger partial charge in [-0.1, -0.05) is 6.07 Å². The van der Waals surface area contributed by atoms with E-state index in [1.165, 1.54) is 4.68 Å². The van der Waals surface area contributed by atoms with Crippen LogP contribution in [0.5, 0.6) is 0 Å². The molecule has 4 heterocycles. The van der Waals surface area contributed by atoms with E-state index < -0.39 is 0 Å². The molecule has 0 unspecified atom stereocenters. The summed E-state index contributed by atoms with van der Waals surface area (Å²) in [5.41, 5.74) is 2.49. The number of aromatic nitrogens is 4. The van der Waals surface area contributed by atoms with E-state index >= 15 is 0 Å². The van der Waals surface area contributed by atoms with Crippen LogP contribution >= 0.6 is 0 Å². The highest BCUT2D eigenvalue weighted by Gasteiger charge is 2.17. The lowest BCUT2D eigenvalue weighted by Gasteiger charge is -2.17. The van der Waals surface area contributed by atoms with Gasteiger partial charge in [-0.2, -0.15) is 5.10 Å². The highest BCUT2D eigenvalue weighted by atomic mass is 16.3. The molecule has 0 bridgehead atoms. The summed E-state index contributed by atoms with van der Waals surface area (Å²) in [7, 11) is 1.72. The first-order valence-corrected chi connectivity index (χ1v) is 9.07. The molecular formula is C20H21N5O3. The highest BCUT2D eigenvalue weighted by molar-refractivity contribution is 5.83. The normalized spacial score (nSPS) is 11.4. The van der Waals surface area contributed by atoms with E-state index in [2.05, 4.69) is 10.1 Å². The van der Waals surface area contributed by atoms with Gasteiger partial charge in [-0.15, -0.1) is 0 Å². The number of pyridine rings is 1. The van der Waals surface area contributed by atoms with Gasteiger partial charge in [-0.05, 0) is 26.0 Å². The summed E-state index contributed by atoms with van der Waals surface area (Å²) >= 11 is 0. The van der Waals surface area contributed by atoms with Gasteiger partial charge in [0.25, 0.3) is 5.56 Å². The minimum atomic E-state index is -0.318. The molecule has 0 fully saturated rings. The van der Waals surface area contributed by atoms with Crippen LogP contribution < -0.4 is 5.56 Å². The largest absolute Gasteiger partial charge is 0.460 e. The monoisotopic (exact) mass is 379 g/mol. The van der Waals surface area contributed by atoms with Gasteiger partial charge in [0.05, 0.1) is 5.52 Å². The molecule has 0 radical (unpaired) electrons. The van der Waals surface area contributed by atoms with Crippen molar-refractivity contribution in [2.75, 3.05) is 13.6 Å². The van der Waals surface area contributed by atoms with Crippen LogP contribution in [-0.2, 0) is 17.8 Å². The zero-order chi connectivity index (χ0) is 19.8. The van der Waals surface area contributed by atoms with E-state index in [1.807, 2.05) is 31.2 Å². The van der Waals surface area contributed by atoms with Gasteiger partial charge < -0.3 is 9.32 Å². The lowest BCUT2D eigenvalue weighted by molar-refractivity contribution is -0.130. The van der Waals surface area contributed by atoms with Gasteiger partial charge >= 0.3 is 0 Å². The Kier molecular flexibility index (Phi) is 4.46. The van der Waals surface area contributed by atoms with Gasteiger partial charge in [0.2, 0.25) is 5.91 Å². The Labute approximate surface area is 161 Å². The minimum absolute atomic E-state index is 0.111. The zero-order valence-electron chi connectivity index (χ0n) is 16.0. The van der Waals surface area contributed by atoms with Crippen LogP contribution in [0.3, 0.4) is 0 Å². The number of hydrogen-bond donors (Lipinski definition) is 0. The molecule has 0 N–H and O–H groups in total. The van der Waals surface area contributed by atoms with Gasteiger partial charge in [0.1, 0.15) is 23.6 Å². The maximum atomic E-state index is 12.8. The molecule has 0 saturated carbocycles. The van der Waals surface area contributed by atoms with Crippen molar-refractivity contribution in [2.45, 2.75) is 26.8 Å². The second kappa shape index (κ2) is 6.95. The molecule has 144 valence electrons. The van der Waals surface area contributed by atoms with E-state index in [-0.39, 0.29) is 18.0 Å². The van der Waals surface area contributed by atoms with Gasteiger partial charge in [0.15, 0.2) is 5.58 Å². The van der Waals surface area contributed by atoms with Crippen molar-refractivity contribution in [1.82, 2.24) is 24.1 Å². The van der Waals surface area contributed by atoms with Crippen molar-refractivity contribution in [1.29, 1.82) is 0 Å². The summed E-state index contributed by atoms with van der Waals surface area (Å²) in [6.45, 7) is 4.07. The standard InChI is InChI=1S/C20H21N5O3/c1-13-10-16-18(28-13)11-17-20(27)24(22-14(2)25(16)17)12-19(26)23(3)9-7-15-6-4-5-8-21-15/h4-6,8,10-11H,7,9,12H2,1-3H3. The molecule has 28 heavy (non-hydrogen) atoms. The second-order valence-corrected chi connectivity index (χ2v) is 6.87. The van der Waals surface area contributed by atoms with Crippen LogP contribution in [0.15, 0.2) is 45.7 Å². The van der Waals surface area contributed by atoms with Gasteiger partial charge in [0, 0.05) is 44.0 Å². The van der Waals surface area contributed by atoms with E-state index in [0.29, 0.717) is 29.9 Å². The molecule has 0 aromatic carbocycles. The molecule has 0 saturated heterocycles. The van der Waals surface area contributed by atoms with E-state index in [9.17, 15) is 9.59 Å². The molecule has 0 aliphatic carbocycles. The highest BCUT2D eigenvalue weighted by Crippen LogP contribution is 2.22. The number of likely N-dealkylation sites (N-methyl/N-ethyl adjacent to an activating group) is 1. The van der Waals surface area contributed by atoms with Crippen molar-refractivity contribution < 1.29 is 9.21 Å². The van der Waals surface area contributed by atoms with Crippen LogP contribution in [0.1, 0.15) is 17.3 Å². The Hall–Kier alpha value is -3.42. The predicted molar refractivity (Wildman–Crippen MR) is 104 cm³/mol. The van der Waals surface area contributed by atoms with Crippen LogP contribution in [0, 0.1) is 13.8 Å². The van der Waals surface area contributed by atoms with Gasteiger partial charge in [-0.3, -0.25) is 19.0 Å². The fourth-order valence-corrected chi connectivity index (χ4v) is 3.33. The Balaban J connectivity index is 1.56. The first-order valence-electron chi connectivity index (χ1n) is 9.07. The molecule has 0 aliphatic heterocycles. The number of hydrogen-bond acceptors (Lipinski definition) is 5. The smallest absolute Gasteiger partial charge is 0.291 e. The van der Waals surface area contributed by atoms with Crippen LogP contribution in [0.25, 0.3) is 16.6 Å². The third-order valence-corrected chi connectivity index (χ3v) is 4.80. The zero-order valence-corrected chi connectivity index (χ0v) is 16.0. The fraction of sp³-hybridized carbons (Fsp3) is 0.300. The maximum absolute atomic E-state index is 12.8. The summed E-state index contributed by atoms with van der Waals surface area (Å²) in [5, 5.41) is 4.34. The molecule has 0 atom stereocenters. The van der Waals surface area contributed by atoms with Crippen molar-refractivity contribution in [3.05, 3.63) is 64.2 Å². The van der Waals surface area contributed by atoms with Crippen LogP contribution in [0.4, 0.5) is 0 Å². The lowest BCUT2D eigenvalue weighted by Crippen LogP contribution is -2.37. The number of amides is 1. The van der Waals surface area contributed by atoms with E-state index in [1.54, 1.807) is 35.5 Å². The lowest BCUT2D eigenvalue weighted by atomic mass is 10.2. The third-order valence-electron chi connectivity index (χ3n) is 4.80. The Morgan fingerprint density at radius 2 is 2.04 bits per heavy atom. The average Bonchev–Trinajstić information content (AvgIpc) is 3.20. The third kappa shape index (κ3) is 3.17. The number of aryl methyl sites for hydroxylation is 2. The minimum Gasteiger partial charge on any atom is -0.460 e. The average molecular weight is 379 g/mol. The maximum Gasteiger partial charge on any atom is 0.291 e. The van der Waals surface area contributed by atoms with E-state index in [4.69, 9.17) is 4.42 Å².